The van der Waals surface area contributed by atoms with Crippen molar-refractivity contribution in [3.63, 3.8) is 0 Å². The first kappa shape index (κ1) is 27.0. The molecular weight excluding hydrogens is 509 g/mol. The van der Waals surface area contributed by atoms with Gasteiger partial charge in [-0.15, -0.1) is 0 Å². The van der Waals surface area contributed by atoms with Crippen LogP contribution in [0.25, 0.3) is 22.3 Å². The van der Waals surface area contributed by atoms with Gasteiger partial charge in [0.25, 0.3) is 0 Å². The average molecular weight is 540 g/mol. The molecule has 5 rings (SSSR count). The molecule has 0 aliphatic heterocycles. The van der Waals surface area contributed by atoms with Gasteiger partial charge in [0.2, 0.25) is 5.88 Å². The Kier molecular flexibility index (Phi) is 7.89. The molecule has 0 radical (unpaired) electrons. The quantitative estimate of drug-likeness (QED) is 0.222. The second kappa shape index (κ2) is 11.7. The van der Waals surface area contributed by atoms with Crippen LogP contribution in [0.2, 0.25) is 0 Å². The third-order valence-electron chi connectivity index (χ3n) is 6.83. The van der Waals surface area contributed by atoms with Crippen LogP contribution < -0.4 is 4.74 Å². The first-order valence-corrected chi connectivity index (χ1v) is 13.0. The van der Waals surface area contributed by atoms with Crippen LogP contribution in [-0.2, 0) is 24.3 Å². The summed E-state index contributed by atoms with van der Waals surface area (Å²) in [5, 5.41) is 9.44. The summed E-state index contributed by atoms with van der Waals surface area (Å²) in [7, 11) is 1.64. The summed E-state index contributed by atoms with van der Waals surface area (Å²) in [6.45, 7) is 5.02. The van der Waals surface area contributed by atoms with E-state index >= 15 is 0 Å². The largest absolute Gasteiger partial charge is 0.478 e. The number of fused-ring (bicyclic) bond motifs is 1. The molecule has 0 saturated carbocycles. The summed E-state index contributed by atoms with van der Waals surface area (Å²) < 4.78 is 27.3. The number of rotatable bonds is 10. The summed E-state index contributed by atoms with van der Waals surface area (Å²) >= 11 is 0. The molecule has 40 heavy (non-hydrogen) atoms. The number of carboxylic acid groups (broad SMARTS) is 1. The number of aryl methyl sites for hydroxylation is 2. The van der Waals surface area contributed by atoms with Gasteiger partial charge in [0.1, 0.15) is 18.2 Å². The summed E-state index contributed by atoms with van der Waals surface area (Å²) in [4.78, 5) is 21.0. The highest BCUT2D eigenvalue weighted by Crippen LogP contribution is 2.27. The smallest absolute Gasteiger partial charge is 0.335 e. The predicted molar refractivity (Wildman–Crippen MR) is 151 cm³/mol. The maximum absolute atomic E-state index is 14.2. The predicted octanol–water partition coefficient (Wildman–Crippen LogP) is 6.37. The van der Waals surface area contributed by atoms with Crippen LogP contribution in [0.15, 0.2) is 72.8 Å². The molecule has 0 bridgehead atoms. The number of nitrogens with zero attached hydrogens (tertiary/aromatic N) is 3. The molecule has 5 aromatic rings. The van der Waals surface area contributed by atoms with E-state index in [4.69, 9.17) is 14.5 Å². The molecule has 1 N–H and O–H groups in total. The Morgan fingerprint density at radius 2 is 1.85 bits per heavy atom. The zero-order valence-corrected chi connectivity index (χ0v) is 22.6. The van der Waals surface area contributed by atoms with Gasteiger partial charge in [-0.3, -0.25) is 0 Å². The second-order valence-electron chi connectivity index (χ2n) is 9.75. The van der Waals surface area contributed by atoms with Gasteiger partial charge in [0.15, 0.2) is 0 Å². The Morgan fingerprint density at radius 3 is 2.60 bits per heavy atom. The molecule has 0 atom stereocenters. The third-order valence-corrected chi connectivity index (χ3v) is 6.83. The van der Waals surface area contributed by atoms with Crippen LogP contribution in [0.4, 0.5) is 4.39 Å². The van der Waals surface area contributed by atoms with Crippen LogP contribution in [0.1, 0.15) is 38.4 Å². The van der Waals surface area contributed by atoms with Gasteiger partial charge < -0.3 is 19.1 Å². The lowest BCUT2D eigenvalue weighted by atomic mass is 10.0. The molecule has 0 unspecified atom stereocenters. The van der Waals surface area contributed by atoms with Crippen molar-refractivity contribution in [3.05, 3.63) is 112 Å². The summed E-state index contributed by atoms with van der Waals surface area (Å²) in [6.07, 6.45) is 0.570. The lowest BCUT2D eigenvalue weighted by molar-refractivity contribution is 0.0697. The highest BCUT2D eigenvalue weighted by molar-refractivity contribution is 5.92. The normalized spacial score (nSPS) is 11.2. The van der Waals surface area contributed by atoms with E-state index in [1.54, 1.807) is 37.4 Å². The van der Waals surface area contributed by atoms with Crippen LogP contribution in [0.3, 0.4) is 0 Å². The number of halogens is 1. The summed E-state index contributed by atoms with van der Waals surface area (Å²) in [6, 6.07) is 21.8. The maximum atomic E-state index is 14.2. The van der Waals surface area contributed by atoms with Crippen molar-refractivity contribution >= 4 is 17.0 Å². The Bertz CT molecular complexity index is 1700. The van der Waals surface area contributed by atoms with E-state index in [1.165, 1.54) is 6.07 Å². The summed E-state index contributed by atoms with van der Waals surface area (Å²) in [5.41, 5.74) is 6.92. The van der Waals surface area contributed by atoms with Crippen LogP contribution >= 0.6 is 0 Å². The van der Waals surface area contributed by atoms with E-state index in [2.05, 4.69) is 11.1 Å². The monoisotopic (exact) mass is 539 g/mol. The number of imidazole rings is 1. The number of benzene rings is 3. The first-order chi connectivity index (χ1) is 19.3. The van der Waals surface area contributed by atoms with Gasteiger partial charge in [-0.2, -0.15) is 0 Å². The molecule has 8 heteroatoms. The maximum Gasteiger partial charge on any atom is 0.335 e. The van der Waals surface area contributed by atoms with E-state index in [-0.39, 0.29) is 18.0 Å². The third kappa shape index (κ3) is 5.87. The SMILES string of the molecule is COCCn1c(Cc2ccc(-c3cccc(OCc4ccc(C)cc4F)n3)c(C)c2)nc2ccc(C(=O)O)cc21. The van der Waals surface area contributed by atoms with E-state index in [9.17, 15) is 14.3 Å². The molecule has 3 aromatic carbocycles. The topological polar surface area (TPSA) is 86.5 Å². The molecule has 204 valence electrons. The van der Waals surface area contributed by atoms with Gasteiger partial charge in [0.05, 0.1) is 28.9 Å². The van der Waals surface area contributed by atoms with E-state index in [0.717, 1.165) is 44.8 Å². The fourth-order valence-corrected chi connectivity index (χ4v) is 4.74. The van der Waals surface area contributed by atoms with Gasteiger partial charge in [-0.1, -0.05) is 36.4 Å². The minimum atomic E-state index is -0.973. The molecule has 0 fully saturated rings. The molecule has 0 spiro atoms. The number of hydrogen-bond donors (Lipinski definition) is 1. The van der Waals surface area contributed by atoms with Crippen molar-refractivity contribution in [2.24, 2.45) is 0 Å². The number of aromatic carboxylic acids is 1. The number of ether oxygens (including phenoxy) is 2. The second-order valence-corrected chi connectivity index (χ2v) is 9.75. The van der Waals surface area contributed by atoms with Crippen molar-refractivity contribution in [2.45, 2.75) is 33.4 Å². The minimum absolute atomic E-state index is 0.0958. The molecule has 0 saturated heterocycles. The van der Waals surface area contributed by atoms with Gasteiger partial charge >= 0.3 is 5.97 Å². The zero-order valence-electron chi connectivity index (χ0n) is 22.6. The lowest BCUT2D eigenvalue weighted by Crippen LogP contribution is -2.09. The Hall–Kier alpha value is -4.56. The summed E-state index contributed by atoms with van der Waals surface area (Å²) in [5.74, 6) is -0.00708. The standard InChI is InChI=1S/C32H30FN3O4/c1-20-7-9-24(26(33)15-20)19-40-31-6-4-5-27(35-31)25-11-8-22(16-21(25)2)17-30-34-28-12-10-23(32(37)38)18-29(28)36(30)13-14-39-3/h4-12,15-16,18H,13-14,17,19H2,1-3H3,(H,37,38). The van der Waals surface area contributed by atoms with Gasteiger partial charge in [-0.25, -0.2) is 19.2 Å². The Morgan fingerprint density at radius 1 is 1.00 bits per heavy atom. The van der Waals surface area contributed by atoms with Crippen LogP contribution in [-0.4, -0.2) is 39.3 Å². The molecule has 2 heterocycles. The molecule has 7 nitrogen and oxygen atoms in total. The highest BCUT2D eigenvalue weighted by atomic mass is 19.1. The number of pyridine rings is 1. The van der Waals surface area contributed by atoms with Crippen molar-refractivity contribution in [2.75, 3.05) is 13.7 Å². The number of methoxy groups -OCH3 is 1. The molecule has 2 aromatic heterocycles. The van der Waals surface area contributed by atoms with Crippen molar-refractivity contribution in [1.82, 2.24) is 14.5 Å². The van der Waals surface area contributed by atoms with Crippen molar-refractivity contribution in [3.8, 4) is 17.1 Å². The van der Waals surface area contributed by atoms with Crippen molar-refractivity contribution in [1.29, 1.82) is 0 Å². The number of carboxylic acids is 1. The molecule has 0 amide bonds. The number of hydrogen-bond acceptors (Lipinski definition) is 5. The minimum Gasteiger partial charge on any atom is -0.478 e. The fraction of sp³-hybridized carbons (Fsp3) is 0.219. The van der Waals surface area contributed by atoms with Gasteiger partial charge in [0, 0.05) is 37.3 Å². The highest BCUT2D eigenvalue weighted by Gasteiger charge is 2.15. The molecular formula is C32H30FN3O4. The number of carbonyl (C=O) groups is 1. The lowest BCUT2D eigenvalue weighted by Gasteiger charge is -2.12. The number of aromatic nitrogens is 3. The van der Waals surface area contributed by atoms with E-state index in [1.807, 2.05) is 48.7 Å². The first-order valence-electron chi connectivity index (χ1n) is 13.0. The van der Waals surface area contributed by atoms with Crippen LogP contribution in [0.5, 0.6) is 5.88 Å². The van der Waals surface area contributed by atoms with Gasteiger partial charge in [-0.05, 0) is 60.9 Å². The van der Waals surface area contributed by atoms with Crippen LogP contribution in [0, 0.1) is 19.7 Å². The fourth-order valence-electron chi connectivity index (χ4n) is 4.74. The van der Waals surface area contributed by atoms with E-state index < -0.39 is 5.97 Å². The molecule has 0 aliphatic rings. The zero-order chi connectivity index (χ0) is 28.2. The molecule has 0 aliphatic carbocycles. The Balaban J connectivity index is 1.37. The van der Waals surface area contributed by atoms with Crippen molar-refractivity contribution < 1.29 is 23.8 Å². The average Bonchev–Trinajstić information content (AvgIpc) is 3.27. The van der Waals surface area contributed by atoms with E-state index in [0.29, 0.717) is 31.0 Å². The Labute approximate surface area is 231 Å².